The Bertz CT molecular complexity index is 350. The van der Waals surface area contributed by atoms with E-state index in [-0.39, 0.29) is 5.56 Å². The molecule has 0 amide bonds. The molecular weight excluding hydrogens is 178 g/mol. The van der Waals surface area contributed by atoms with Crippen molar-refractivity contribution in [2.45, 2.75) is 6.04 Å². The molecule has 0 saturated carbocycles. The molecule has 13 heavy (non-hydrogen) atoms. The van der Waals surface area contributed by atoms with Crippen LogP contribution in [0, 0.1) is 23.0 Å². The van der Waals surface area contributed by atoms with Crippen molar-refractivity contribution in [2.75, 3.05) is 0 Å². The summed E-state index contributed by atoms with van der Waals surface area (Å²) in [5, 5.41) is 17.4. The Kier molecular flexibility index (Phi) is 2.44. The van der Waals surface area contributed by atoms with Crippen molar-refractivity contribution in [3.05, 3.63) is 29.3 Å². The second-order valence-corrected chi connectivity index (χ2v) is 2.43. The van der Waals surface area contributed by atoms with Gasteiger partial charge in [0.15, 0.2) is 0 Å². The first kappa shape index (κ1) is 9.42. The molecule has 0 fully saturated rings. The van der Waals surface area contributed by atoms with Gasteiger partial charge in [0.2, 0.25) is 0 Å². The molecule has 68 valence electrons. The largest absolute Gasteiger partial charge is 0.507 e. The van der Waals surface area contributed by atoms with Gasteiger partial charge < -0.3 is 10.8 Å². The van der Waals surface area contributed by atoms with Gasteiger partial charge in [0.1, 0.15) is 23.4 Å². The van der Waals surface area contributed by atoms with Crippen molar-refractivity contribution in [1.82, 2.24) is 0 Å². The maximum atomic E-state index is 12.9. The second kappa shape index (κ2) is 3.37. The first-order chi connectivity index (χ1) is 6.06. The molecule has 1 atom stereocenters. The molecule has 5 heteroatoms. The molecule has 0 bridgehead atoms. The van der Waals surface area contributed by atoms with Crippen molar-refractivity contribution in [3.8, 4) is 11.8 Å². The molecule has 1 rings (SSSR count). The monoisotopic (exact) mass is 184 g/mol. The van der Waals surface area contributed by atoms with Gasteiger partial charge in [0.05, 0.1) is 11.6 Å². The summed E-state index contributed by atoms with van der Waals surface area (Å²) in [6, 6.07) is 1.51. The van der Waals surface area contributed by atoms with Crippen molar-refractivity contribution in [1.29, 1.82) is 5.26 Å². The summed E-state index contributed by atoms with van der Waals surface area (Å²) in [6.45, 7) is 0. The third-order valence-corrected chi connectivity index (χ3v) is 1.52. The summed E-state index contributed by atoms with van der Waals surface area (Å²) in [7, 11) is 0. The molecule has 0 spiro atoms. The van der Waals surface area contributed by atoms with Gasteiger partial charge in [-0.05, 0) is 0 Å². The number of benzene rings is 1. The third kappa shape index (κ3) is 1.73. The van der Waals surface area contributed by atoms with Crippen LogP contribution in [0.5, 0.6) is 5.75 Å². The fraction of sp³-hybridized carbons (Fsp3) is 0.125. The third-order valence-electron chi connectivity index (χ3n) is 1.52. The van der Waals surface area contributed by atoms with E-state index >= 15 is 0 Å². The van der Waals surface area contributed by atoms with Gasteiger partial charge >= 0.3 is 0 Å². The summed E-state index contributed by atoms with van der Waals surface area (Å²) in [5.74, 6) is -2.58. The molecule has 3 N–H and O–H groups in total. The smallest absolute Gasteiger partial charge is 0.135 e. The molecule has 0 saturated heterocycles. The van der Waals surface area contributed by atoms with Gasteiger partial charge in [0, 0.05) is 12.1 Å². The lowest BCUT2D eigenvalue weighted by molar-refractivity contribution is 0.447. The molecule has 0 aliphatic rings. The lowest BCUT2D eigenvalue weighted by Gasteiger charge is -2.07. The van der Waals surface area contributed by atoms with E-state index in [0.717, 1.165) is 0 Å². The zero-order valence-electron chi connectivity index (χ0n) is 6.46. The molecule has 0 aromatic heterocycles. The van der Waals surface area contributed by atoms with Crippen LogP contribution >= 0.6 is 0 Å². The van der Waals surface area contributed by atoms with E-state index in [1.807, 2.05) is 0 Å². The van der Waals surface area contributed by atoms with Gasteiger partial charge in [-0.1, -0.05) is 0 Å². The highest BCUT2D eigenvalue weighted by Gasteiger charge is 2.16. The van der Waals surface area contributed by atoms with Gasteiger partial charge in [0.25, 0.3) is 0 Å². The lowest BCUT2D eigenvalue weighted by atomic mass is 10.1. The Hall–Kier alpha value is -1.67. The van der Waals surface area contributed by atoms with Crippen molar-refractivity contribution < 1.29 is 13.9 Å². The van der Waals surface area contributed by atoms with Gasteiger partial charge in [-0.3, -0.25) is 0 Å². The summed E-state index contributed by atoms with van der Waals surface area (Å²) in [5.41, 5.74) is 4.78. The topological polar surface area (TPSA) is 70.0 Å². The first-order valence-electron chi connectivity index (χ1n) is 3.39. The predicted octanol–water partition coefficient (Wildman–Crippen LogP) is 1.19. The Balaban J connectivity index is 3.30. The quantitative estimate of drug-likeness (QED) is 0.688. The molecular formula is C8H6F2N2O. The zero-order chi connectivity index (χ0) is 10.0. The van der Waals surface area contributed by atoms with Crippen LogP contribution in [0.1, 0.15) is 11.6 Å². The van der Waals surface area contributed by atoms with E-state index in [1.54, 1.807) is 0 Å². The number of hydrogen-bond donors (Lipinski definition) is 2. The highest BCUT2D eigenvalue weighted by Crippen LogP contribution is 2.26. The van der Waals surface area contributed by atoms with Crippen molar-refractivity contribution in [2.24, 2.45) is 5.73 Å². The average molecular weight is 184 g/mol. The molecule has 0 heterocycles. The van der Waals surface area contributed by atoms with E-state index in [9.17, 15) is 8.78 Å². The molecule has 0 radical (unpaired) electrons. The fourth-order valence-corrected chi connectivity index (χ4v) is 0.944. The fourth-order valence-electron chi connectivity index (χ4n) is 0.944. The van der Waals surface area contributed by atoms with E-state index in [2.05, 4.69) is 0 Å². The minimum absolute atomic E-state index is 0.385. The second-order valence-electron chi connectivity index (χ2n) is 2.43. The molecule has 1 aromatic rings. The number of halogens is 2. The number of nitrogens with two attached hydrogens (primary N) is 1. The summed E-state index contributed by atoms with van der Waals surface area (Å²) in [6.07, 6.45) is 0. The molecule has 0 aliphatic carbocycles. The zero-order valence-corrected chi connectivity index (χ0v) is 6.46. The minimum atomic E-state index is -1.29. The van der Waals surface area contributed by atoms with Crippen LogP contribution in [0.4, 0.5) is 8.78 Å². The summed E-state index contributed by atoms with van der Waals surface area (Å²) < 4.78 is 25.4. The predicted molar refractivity (Wildman–Crippen MR) is 40.6 cm³/mol. The van der Waals surface area contributed by atoms with Gasteiger partial charge in [-0.2, -0.15) is 5.26 Å². The number of nitriles is 1. The number of rotatable bonds is 1. The number of phenols is 1. The van der Waals surface area contributed by atoms with Crippen LogP contribution in [-0.4, -0.2) is 5.11 Å². The van der Waals surface area contributed by atoms with Crippen LogP contribution < -0.4 is 5.73 Å². The van der Waals surface area contributed by atoms with Crippen LogP contribution in [0.25, 0.3) is 0 Å². The number of aromatic hydroxyl groups is 1. The van der Waals surface area contributed by atoms with E-state index in [4.69, 9.17) is 16.1 Å². The minimum Gasteiger partial charge on any atom is -0.507 e. The van der Waals surface area contributed by atoms with Gasteiger partial charge in [-0.15, -0.1) is 0 Å². The normalized spacial score (nSPS) is 12.2. The maximum absolute atomic E-state index is 12.9. The molecule has 3 nitrogen and oxygen atoms in total. The average Bonchev–Trinajstić information content (AvgIpc) is 2.02. The van der Waals surface area contributed by atoms with Crippen molar-refractivity contribution in [3.63, 3.8) is 0 Å². The number of nitrogens with zero attached hydrogens (tertiary/aromatic N) is 1. The van der Waals surface area contributed by atoms with E-state index < -0.39 is 23.4 Å². The van der Waals surface area contributed by atoms with Crippen LogP contribution in [-0.2, 0) is 0 Å². The number of phenolic OH excluding ortho intramolecular Hbond substituents is 1. The Morgan fingerprint density at radius 2 is 2.08 bits per heavy atom. The first-order valence-corrected chi connectivity index (χ1v) is 3.39. The lowest BCUT2D eigenvalue weighted by Crippen LogP contribution is -2.10. The van der Waals surface area contributed by atoms with Crippen LogP contribution in [0.15, 0.2) is 12.1 Å². The SMILES string of the molecule is N#C[C@H](N)c1c(O)cc(F)cc1F. The Morgan fingerprint density at radius 1 is 1.46 bits per heavy atom. The molecule has 0 unspecified atom stereocenters. The van der Waals surface area contributed by atoms with Gasteiger partial charge in [-0.25, -0.2) is 8.78 Å². The maximum Gasteiger partial charge on any atom is 0.135 e. The Morgan fingerprint density at radius 3 is 2.54 bits per heavy atom. The van der Waals surface area contributed by atoms with Crippen LogP contribution in [0.2, 0.25) is 0 Å². The van der Waals surface area contributed by atoms with Crippen LogP contribution in [0.3, 0.4) is 0 Å². The Labute approximate surface area is 73.0 Å². The summed E-state index contributed by atoms with van der Waals surface area (Å²) in [4.78, 5) is 0. The summed E-state index contributed by atoms with van der Waals surface area (Å²) >= 11 is 0. The highest BCUT2D eigenvalue weighted by molar-refractivity contribution is 5.38. The van der Waals surface area contributed by atoms with E-state index in [0.29, 0.717) is 12.1 Å². The molecule has 1 aromatic carbocycles. The van der Waals surface area contributed by atoms with Crippen molar-refractivity contribution >= 4 is 0 Å². The standard InChI is InChI=1S/C8H6F2N2O/c9-4-1-5(10)8(6(12)3-11)7(13)2-4/h1-2,6,13H,12H2/t6-/m0/s1. The van der Waals surface area contributed by atoms with E-state index in [1.165, 1.54) is 6.07 Å². The highest BCUT2D eigenvalue weighted by atomic mass is 19.1. The molecule has 0 aliphatic heterocycles. The number of hydrogen-bond acceptors (Lipinski definition) is 3.